The summed E-state index contributed by atoms with van der Waals surface area (Å²) < 4.78 is 1.18. The molecule has 0 spiro atoms. The van der Waals surface area contributed by atoms with Crippen molar-refractivity contribution in [3.8, 4) is 0 Å². The van der Waals surface area contributed by atoms with E-state index in [1.165, 1.54) is 4.68 Å². The number of nitrogens with zero attached hydrogens (tertiary/aromatic N) is 3. The van der Waals surface area contributed by atoms with Gasteiger partial charge in [0.15, 0.2) is 0 Å². The topological polar surface area (TPSA) is 55.2 Å². The summed E-state index contributed by atoms with van der Waals surface area (Å²) in [4.78, 5) is 27.3. The highest BCUT2D eigenvalue weighted by Gasteiger charge is 2.28. The Balaban J connectivity index is 1.74. The maximum atomic E-state index is 12.4. The molecule has 0 radical (unpaired) electrons. The maximum absolute atomic E-state index is 12.4. The number of carbonyl (C=O) groups excluding carboxylic acids is 1. The standard InChI is InChI=1S/C15H16ClN3O2S/c1-18(8-11-3-2-6-22-11)14(20)9-19-15(21)12(10-4-5-10)7-13(16)17-19/h2-3,6-7,10H,4-5,8-9H2,1H3. The lowest BCUT2D eigenvalue weighted by atomic mass is 10.2. The molecule has 3 rings (SSSR count). The third-order valence-corrected chi connectivity index (χ3v) is 4.72. The lowest BCUT2D eigenvalue weighted by molar-refractivity contribution is -0.131. The first kappa shape index (κ1) is 15.2. The van der Waals surface area contributed by atoms with Crippen LogP contribution in [0.3, 0.4) is 0 Å². The van der Waals surface area contributed by atoms with Crippen molar-refractivity contribution >= 4 is 28.8 Å². The van der Waals surface area contributed by atoms with E-state index in [0.717, 1.165) is 17.7 Å². The molecule has 0 unspecified atom stereocenters. The fourth-order valence-electron chi connectivity index (χ4n) is 2.30. The van der Waals surface area contributed by atoms with E-state index in [2.05, 4.69) is 5.10 Å². The predicted octanol–water partition coefficient (Wildman–Crippen LogP) is 2.49. The van der Waals surface area contributed by atoms with E-state index in [4.69, 9.17) is 11.6 Å². The quantitative estimate of drug-likeness (QED) is 0.842. The Morgan fingerprint density at radius 3 is 2.95 bits per heavy atom. The minimum atomic E-state index is -0.204. The van der Waals surface area contributed by atoms with Gasteiger partial charge in [0, 0.05) is 17.5 Å². The monoisotopic (exact) mass is 337 g/mol. The lowest BCUT2D eigenvalue weighted by Gasteiger charge is -2.17. The molecule has 116 valence electrons. The first-order chi connectivity index (χ1) is 10.5. The van der Waals surface area contributed by atoms with Gasteiger partial charge in [0.25, 0.3) is 5.56 Å². The molecule has 2 aromatic rings. The fraction of sp³-hybridized carbons (Fsp3) is 0.400. The lowest BCUT2D eigenvalue weighted by Crippen LogP contribution is -2.35. The zero-order valence-electron chi connectivity index (χ0n) is 12.2. The highest BCUT2D eigenvalue weighted by atomic mass is 35.5. The van der Waals surface area contributed by atoms with Gasteiger partial charge in [-0.3, -0.25) is 9.59 Å². The van der Waals surface area contributed by atoms with E-state index in [1.807, 2.05) is 17.5 Å². The molecule has 1 aliphatic carbocycles. The highest BCUT2D eigenvalue weighted by Crippen LogP contribution is 2.38. The summed E-state index contributed by atoms with van der Waals surface area (Å²) in [5, 5.41) is 6.22. The first-order valence-corrected chi connectivity index (χ1v) is 8.34. The van der Waals surface area contributed by atoms with Gasteiger partial charge in [-0.2, -0.15) is 5.10 Å². The summed E-state index contributed by atoms with van der Waals surface area (Å²) in [5.41, 5.74) is 0.471. The number of amides is 1. The summed E-state index contributed by atoms with van der Waals surface area (Å²) in [7, 11) is 1.72. The summed E-state index contributed by atoms with van der Waals surface area (Å²) in [6.45, 7) is 0.447. The number of hydrogen-bond donors (Lipinski definition) is 0. The molecule has 0 aliphatic heterocycles. The molecule has 0 N–H and O–H groups in total. The largest absolute Gasteiger partial charge is 0.339 e. The van der Waals surface area contributed by atoms with Crippen molar-refractivity contribution in [2.45, 2.75) is 31.8 Å². The molecule has 1 fully saturated rings. The van der Waals surface area contributed by atoms with Crippen LogP contribution in [-0.2, 0) is 17.9 Å². The zero-order valence-corrected chi connectivity index (χ0v) is 13.7. The second kappa shape index (κ2) is 6.22. The van der Waals surface area contributed by atoms with Crippen LogP contribution in [0.4, 0.5) is 0 Å². The van der Waals surface area contributed by atoms with Crippen LogP contribution in [0.2, 0.25) is 5.15 Å². The molecule has 1 saturated carbocycles. The number of carbonyl (C=O) groups is 1. The van der Waals surface area contributed by atoms with Crippen LogP contribution < -0.4 is 5.56 Å². The van der Waals surface area contributed by atoms with Gasteiger partial charge in [-0.15, -0.1) is 11.3 Å². The van der Waals surface area contributed by atoms with E-state index in [-0.39, 0.29) is 29.1 Å². The molecular formula is C15H16ClN3O2S. The summed E-state index contributed by atoms with van der Waals surface area (Å²) in [6, 6.07) is 5.55. The highest BCUT2D eigenvalue weighted by molar-refractivity contribution is 7.09. The maximum Gasteiger partial charge on any atom is 0.270 e. The number of thiophene rings is 1. The van der Waals surface area contributed by atoms with Crippen LogP contribution in [0.25, 0.3) is 0 Å². The first-order valence-electron chi connectivity index (χ1n) is 7.08. The zero-order chi connectivity index (χ0) is 15.7. The normalized spacial score (nSPS) is 14.1. The Bertz CT molecular complexity index is 738. The van der Waals surface area contributed by atoms with Crippen molar-refractivity contribution < 1.29 is 4.79 Å². The Morgan fingerprint density at radius 2 is 2.32 bits per heavy atom. The Morgan fingerprint density at radius 1 is 1.55 bits per heavy atom. The predicted molar refractivity (Wildman–Crippen MR) is 86.3 cm³/mol. The second-order valence-electron chi connectivity index (χ2n) is 5.49. The second-order valence-corrected chi connectivity index (χ2v) is 6.91. The summed E-state index contributed by atoms with van der Waals surface area (Å²) in [5.74, 6) is 0.116. The van der Waals surface area contributed by atoms with E-state index in [9.17, 15) is 9.59 Å². The smallest absolute Gasteiger partial charge is 0.270 e. The molecule has 0 saturated heterocycles. The van der Waals surface area contributed by atoms with Gasteiger partial charge in [-0.1, -0.05) is 17.7 Å². The molecule has 5 nitrogen and oxygen atoms in total. The number of rotatable bonds is 5. The van der Waals surface area contributed by atoms with E-state index >= 15 is 0 Å². The van der Waals surface area contributed by atoms with Crippen molar-refractivity contribution in [3.63, 3.8) is 0 Å². The van der Waals surface area contributed by atoms with E-state index in [1.54, 1.807) is 29.4 Å². The molecule has 22 heavy (non-hydrogen) atoms. The van der Waals surface area contributed by atoms with Crippen LogP contribution in [0.5, 0.6) is 0 Å². The third kappa shape index (κ3) is 3.39. The van der Waals surface area contributed by atoms with Crippen molar-refractivity contribution in [2.24, 2.45) is 0 Å². The minimum absolute atomic E-state index is 0.0824. The molecular weight excluding hydrogens is 322 g/mol. The summed E-state index contributed by atoms with van der Waals surface area (Å²) >= 11 is 7.57. The van der Waals surface area contributed by atoms with Gasteiger partial charge < -0.3 is 4.90 Å². The average molecular weight is 338 g/mol. The van der Waals surface area contributed by atoms with Crippen LogP contribution in [0.15, 0.2) is 28.4 Å². The van der Waals surface area contributed by atoms with E-state index < -0.39 is 0 Å². The minimum Gasteiger partial charge on any atom is -0.339 e. The average Bonchev–Trinajstić information content (AvgIpc) is 3.20. The summed E-state index contributed by atoms with van der Waals surface area (Å²) in [6.07, 6.45) is 2.00. The van der Waals surface area contributed by atoms with Crippen LogP contribution >= 0.6 is 22.9 Å². The van der Waals surface area contributed by atoms with Crippen molar-refractivity contribution in [1.29, 1.82) is 0 Å². The Kier molecular flexibility index (Phi) is 4.31. The molecule has 2 heterocycles. The fourth-order valence-corrected chi connectivity index (χ4v) is 3.26. The number of likely N-dealkylation sites (N-methyl/N-ethyl adjacent to an activating group) is 1. The number of aromatic nitrogens is 2. The van der Waals surface area contributed by atoms with Gasteiger partial charge in [-0.25, -0.2) is 4.68 Å². The van der Waals surface area contributed by atoms with Crippen LogP contribution in [-0.4, -0.2) is 27.6 Å². The SMILES string of the molecule is CN(Cc1cccs1)C(=O)Cn1nc(Cl)cc(C2CC2)c1=O. The Labute approximate surface area is 137 Å². The molecule has 0 atom stereocenters. The van der Waals surface area contributed by atoms with Gasteiger partial charge in [0.05, 0.1) is 6.54 Å². The number of hydrogen-bond acceptors (Lipinski definition) is 4. The van der Waals surface area contributed by atoms with E-state index in [0.29, 0.717) is 12.1 Å². The van der Waals surface area contributed by atoms with Crippen molar-refractivity contribution in [2.75, 3.05) is 7.05 Å². The molecule has 0 aromatic carbocycles. The molecule has 2 aromatic heterocycles. The molecule has 1 amide bonds. The van der Waals surface area contributed by atoms with Gasteiger partial charge in [0.1, 0.15) is 11.7 Å². The molecule has 7 heteroatoms. The van der Waals surface area contributed by atoms with Crippen molar-refractivity contribution in [1.82, 2.24) is 14.7 Å². The van der Waals surface area contributed by atoms with Crippen LogP contribution in [0, 0.1) is 0 Å². The Hall–Kier alpha value is -1.66. The van der Waals surface area contributed by atoms with Gasteiger partial charge >= 0.3 is 0 Å². The molecule has 0 bridgehead atoms. The molecule has 1 aliphatic rings. The third-order valence-electron chi connectivity index (χ3n) is 3.67. The van der Waals surface area contributed by atoms with Gasteiger partial charge in [0.2, 0.25) is 5.91 Å². The number of halogens is 1. The van der Waals surface area contributed by atoms with Gasteiger partial charge in [-0.05, 0) is 36.3 Å². The van der Waals surface area contributed by atoms with Crippen LogP contribution in [0.1, 0.15) is 29.2 Å². The van der Waals surface area contributed by atoms with Crippen molar-refractivity contribution in [3.05, 3.63) is 49.5 Å².